The number of aromatic nitrogens is 1. The number of Topliss-reactive ketones (excluding diaryl/α,β-unsaturated/α-hetero) is 1. The van der Waals surface area contributed by atoms with Crippen molar-refractivity contribution in [1.82, 2.24) is 9.88 Å². The van der Waals surface area contributed by atoms with Crippen LogP contribution in [0.25, 0.3) is 5.76 Å². The molecule has 3 aromatic rings. The Balaban J connectivity index is 1.63. The molecule has 2 aromatic carbocycles. The zero-order valence-corrected chi connectivity index (χ0v) is 16.4. The highest BCUT2D eigenvalue weighted by molar-refractivity contribution is 6.46. The molecular weight excluding hydrogens is 396 g/mol. The quantitative estimate of drug-likeness (QED) is 0.400. The summed E-state index contributed by atoms with van der Waals surface area (Å²) >= 11 is 0. The lowest BCUT2D eigenvalue weighted by atomic mass is 9.95. The lowest BCUT2D eigenvalue weighted by Gasteiger charge is -2.25. The van der Waals surface area contributed by atoms with Crippen LogP contribution < -0.4 is 9.47 Å². The highest BCUT2D eigenvalue weighted by Gasteiger charge is 2.46. The Morgan fingerprint density at radius 1 is 1.00 bits per heavy atom. The molecule has 2 aliphatic rings. The molecule has 1 atom stereocenters. The summed E-state index contributed by atoms with van der Waals surface area (Å²) in [5.74, 6) is -0.589. The molecule has 31 heavy (non-hydrogen) atoms. The van der Waals surface area contributed by atoms with E-state index in [9.17, 15) is 14.7 Å². The molecule has 1 saturated heterocycles. The molecule has 0 bridgehead atoms. The molecule has 0 saturated carbocycles. The lowest BCUT2D eigenvalue weighted by Crippen LogP contribution is -2.29. The van der Waals surface area contributed by atoms with Gasteiger partial charge in [-0.1, -0.05) is 30.3 Å². The Labute approximate surface area is 178 Å². The first kappa shape index (κ1) is 18.9. The zero-order chi connectivity index (χ0) is 21.4. The van der Waals surface area contributed by atoms with Gasteiger partial charge in [0.2, 0.25) is 6.79 Å². The van der Waals surface area contributed by atoms with Crippen molar-refractivity contribution in [1.29, 1.82) is 0 Å². The predicted octanol–water partition coefficient (Wildman–Crippen LogP) is 3.43. The van der Waals surface area contributed by atoms with Crippen LogP contribution in [-0.2, 0) is 16.1 Å². The van der Waals surface area contributed by atoms with Gasteiger partial charge in [0, 0.05) is 24.5 Å². The van der Waals surface area contributed by atoms with Gasteiger partial charge in [0.15, 0.2) is 11.5 Å². The summed E-state index contributed by atoms with van der Waals surface area (Å²) in [4.78, 5) is 31.5. The van der Waals surface area contributed by atoms with E-state index in [1.54, 1.807) is 42.7 Å². The summed E-state index contributed by atoms with van der Waals surface area (Å²) in [5.41, 5.74) is 2.00. The van der Waals surface area contributed by atoms with Crippen LogP contribution in [0.4, 0.5) is 0 Å². The van der Waals surface area contributed by atoms with E-state index in [0.717, 1.165) is 11.1 Å². The van der Waals surface area contributed by atoms with Crippen LogP contribution in [-0.4, -0.2) is 33.5 Å². The summed E-state index contributed by atoms with van der Waals surface area (Å²) in [6.07, 6.45) is 3.27. The minimum absolute atomic E-state index is 0.0455. The van der Waals surface area contributed by atoms with Crippen molar-refractivity contribution < 1.29 is 24.2 Å². The van der Waals surface area contributed by atoms with Gasteiger partial charge in [-0.15, -0.1) is 0 Å². The Morgan fingerprint density at radius 3 is 2.52 bits per heavy atom. The van der Waals surface area contributed by atoms with Gasteiger partial charge in [-0.2, -0.15) is 0 Å². The third-order valence-electron chi connectivity index (χ3n) is 5.40. The zero-order valence-electron chi connectivity index (χ0n) is 16.4. The second-order valence-electron chi connectivity index (χ2n) is 7.26. The number of pyridine rings is 1. The Hall–Kier alpha value is -4.13. The molecule has 7 nitrogen and oxygen atoms in total. The number of hydrogen-bond acceptors (Lipinski definition) is 6. The van der Waals surface area contributed by atoms with Gasteiger partial charge in [0.05, 0.1) is 11.6 Å². The van der Waals surface area contributed by atoms with Crippen LogP contribution in [0, 0.1) is 0 Å². The van der Waals surface area contributed by atoms with E-state index in [4.69, 9.17) is 9.47 Å². The Kier molecular flexibility index (Phi) is 4.63. The number of hydrogen-bond donors (Lipinski definition) is 1. The van der Waals surface area contributed by atoms with Crippen LogP contribution in [0.3, 0.4) is 0 Å². The summed E-state index contributed by atoms with van der Waals surface area (Å²) in [7, 11) is 0. The molecule has 5 rings (SSSR count). The molecule has 154 valence electrons. The second kappa shape index (κ2) is 7.60. The minimum Gasteiger partial charge on any atom is -0.507 e. The van der Waals surface area contributed by atoms with E-state index in [0.29, 0.717) is 17.1 Å². The Morgan fingerprint density at radius 2 is 1.74 bits per heavy atom. The smallest absolute Gasteiger partial charge is 0.295 e. The SMILES string of the molecule is O=C1C(=O)N(Cc2ccncc2)C(c2ccccc2)/C1=C(/O)c1ccc2c(c1)OCO2. The highest BCUT2D eigenvalue weighted by atomic mass is 16.7. The van der Waals surface area contributed by atoms with E-state index in [-0.39, 0.29) is 24.7 Å². The first-order valence-electron chi connectivity index (χ1n) is 9.76. The van der Waals surface area contributed by atoms with Crippen LogP contribution in [0.2, 0.25) is 0 Å². The first-order chi connectivity index (χ1) is 15.1. The fourth-order valence-corrected chi connectivity index (χ4v) is 3.91. The molecule has 1 N–H and O–H groups in total. The van der Waals surface area contributed by atoms with Gasteiger partial charge in [-0.05, 0) is 41.5 Å². The van der Waals surface area contributed by atoms with Crippen molar-refractivity contribution in [3.8, 4) is 11.5 Å². The number of rotatable bonds is 4. The number of carbonyl (C=O) groups excluding carboxylic acids is 2. The van der Waals surface area contributed by atoms with Gasteiger partial charge in [-0.25, -0.2) is 0 Å². The number of aliphatic hydroxyl groups is 1. The number of fused-ring (bicyclic) bond motifs is 1. The van der Waals surface area contributed by atoms with Crippen LogP contribution >= 0.6 is 0 Å². The molecule has 1 aromatic heterocycles. The molecule has 0 spiro atoms. The minimum atomic E-state index is -0.724. The number of ketones is 1. The number of likely N-dealkylation sites (tertiary alicyclic amines) is 1. The Bertz CT molecular complexity index is 1190. The van der Waals surface area contributed by atoms with Crippen LogP contribution in [0.15, 0.2) is 78.6 Å². The fraction of sp³-hybridized carbons (Fsp3) is 0.125. The molecule has 0 aliphatic carbocycles. The van der Waals surface area contributed by atoms with Crippen LogP contribution in [0.1, 0.15) is 22.7 Å². The maximum atomic E-state index is 13.1. The largest absolute Gasteiger partial charge is 0.507 e. The molecule has 1 amide bonds. The molecule has 3 heterocycles. The van der Waals surface area contributed by atoms with Crippen molar-refractivity contribution in [3.63, 3.8) is 0 Å². The molecule has 0 radical (unpaired) electrons. The molecule has 2 aliphatic heterocycles. The summed E-state index contributed by atoms with van der Waals surface area (Å²) in [6, 6.07) is 17.0. The molecule has 7 heteroatoms. The average Bonchev–Trinajstić information content (AvgIpc) is 3.38. The summed E-state index contributed by atoms with van der Waals surface area (Å²) < 4.78 is 10.7. The van der Waals surface area contributed by atoms with Crippen molar-refractivity contribution >= 4 is 17.4 Å². The normalized spacial score (nSPS) is 19.1. The van der Waals surface area contributed by atoms with Gasteiger partial charge in [0.25, 0.3) is 11.7 Å². The third-order valence-corrected chi connectivity index (χ3v) is 5.40. The van der Waals surface area contributed by atoms with Gasteiger partial charge in [-0.3, -0.25) is 14.6 Å². The standard InChI is InChI=1S/C24H18N2O5/c27-22(17-6-7-18-19(12-17)31-14-30-18)20-21(16-4-2-1-3-5-16)26(24(29)23(20)28)13-15-8-10-25-11-9-15/h1-12,21,27H,13-14H2/b22-20-. The highest BCUT2D eigenvalue weighted by Crippen LogP contribution is 2.41. The fourth-order valence-electron chi connectivity index (χ4n) is 3.91. The molecule has 1 unspecified atom stereocenters. The summed E-state index contributed by atoms with van der Waals surface area (Å²) in [5, 5.41) is 11.1. The van der Waals surface area contributed by atoms with Crippen molar-refractivity contribution in [2.75, 3.05) is 6.79 Å². The number of ether oxygens (including phenoxy) is 2. The van der Waals surface area contributed by atoms with E-state index in [1.807, 2.05) is 30.3 Å². The first-order valence-corrected chi connectivity index (χ1v) is 9.76. The third kappa shape index (κ3) is 3.30. The van der Waals surface area contributed by atoms with Crippen LogP contribution in [0.5, 0.6) is 11.5 Å². The number of benzene rings is 2. The second-order valence-corrected chi connectivity index (χ2v) is 7.26. The van der Waals surface area contributed by atoms with Gasteiger partial charge in [0.1, 0.15) is 5.76 Å². The van der Waals surface area contributed by atoms with E-state index in [1.165, 1.54) is 4.90 Å². The topological polar surface area (TPSA) is 89.0 Å². The number of carbonyl (C=O) groups is 2. The average molecular weight is 414 g/mol. The van der Waals surface area contributed by atoms with E-state index >= 15 is 0 Å². The van der Waals surface area contributed by atoms with Gasteiger partial charge < -0.3 is 19.5 Å². The number of aliphatic hydroxyl groups excluding tert-OH is 1. The lowest BCUT2D eigenvalue weighted by molar-refractivity contribution is -0.140. The summed E-state index contributed by atoms with van der Waals surface area (Å²) in [6.45, 7) is 0.310. The number of nitrogens with zero attached hydrogens (tertiary/aromatic N) is 2. The van der Waals surface area contributed by atoms with E-state index in [2.05, 4.69) is 4.98 Å². The maximum Gasteiger partial charge on any atom is 0.295 e. The van der Waals surface area contributed by atoms with Gasteiger partial charge >= 0.3 is 0 Å². The van der Waals surface area contributed by atoms with Crippen molar-refractivity contribution in [3.05, 3.63) is 95.3 Å². The molecular formula is C24H18N2O5. The maximum absolute atomic E-state index is 13.1. The van der Waals surface area contributed by atoms with Crippen molar-refractivity contribution in [2.45, 2.75) is 12.6 Å². The number of amides is 1. The van der Waals surface area contributed by atoms with E-state index < -0.39 is 17.7 Å². The monoisotopic (exact) mass is 414 g/mol. The molecule has 1 fully saturated rings. The van der Waals surface area contributed by atoms with Crippen molar-refractivity contribution in [2.24, 2.45) is 0 Å². The predicted molar refractivity (Wildman–Crippen MR) is 111 cm³/mol.